The van der Waals surface area contributed by atoms with Crippen LogP contribution in [0.5, 0.6) is 0 Å². The third-order valence-electron chi connectivity index (χ3n) is 2.42. The van der Waals surface area contributed by atoms with Gasteiger partial charge < -0.3 is 5.32 Å². The fourth-order valence-corrected chi connectivity index (χ4v) is 4.03. The molecular weight excluding hydrogens is 310 g/mol. The highest BCUT2D eigenvalue weighted by atomic mass is 32.2. The van der Waals surface area contributed by atoms with Crippen LogP contribution in [-0.4, -0.2) is 28.3 Å². The molecule has 0 radical (unpaired) electrons. The zero-order chi connectivity index (χ0) is 14.4. The number of thiophene rings is 1. The van der Waals surface area contributed by atoms with Crippen molar-refractivity contribution < 1.29 is 4.79 Å². The highest BCUT2D eigenvalue weighted by Gasteiger charge is 2.11. The molecule has 0 aliphatic rings. The van der Waals surface area contributed by atoms with Gasteiger partial charge in [0.15, 0.2) is 10.1 Å². The van der Waals surface area contributed by atoms with Gasteiger partial charge in [0.25, 0.3) is 0 Å². The highest BCUT2D eigenvalue weighted by molar-refractivity contribution is 8.01. The van der Waals surface area contributed by atoms with E-state index in [0.717, 1.165) is 20.8 Å². The Kier molecular flexibility index (Phi) is 5.75. The van der Waals surface area contributed by atoms with Gasteiger partial charge >= 0.3 is 0 Å². The summed E-state index contributed by atoms with van der Waals surface area (Å²) < 4.78 is 0.803. The lowest BCUT2D eigenvalue weighted by Crippen LogP contribution is -1.98. The zero-order valence-corrected chi connectivity index (χ0v) is 13.5. The van der Waals surface area contributed by atoms with Crippen molar-refractivity contribution in [3.05, 3.63) is 34.5 Å². The minimum Gasteiger partial charge on any atom is -0.357 e. The fourth-order valence-electron chi connectivity index (χ4n) is 1.42. The van der Waals surface area contributed by atoms with Crippen LogP contribution in [0.4, 0.5) is 5.13 Å². The van der Waals surface area contributed by atoms with Crippen LogP contribution in [0, 0.1) is 0 Å². The lowest BCUT2D eigenvalue weighted by molar-refractivity contribution is 0.102. The number of Topliss-reactive ketones (excluding diaryl/α,β-unsaturated/α-hetero) is 1. The van der Waals surface area contributed by atoms with Crippen LogP contribution in [0.3, 0.4) is 0 Å². The Morgan fingerprint density at radius 3 is 3.00 bits per heavy atom. The molecule has 4 nitrogen and oxygen atoms in total. The number of carbonyl (C=O) groups excluding carboxylic acids is 1. The van der Waals surface area contributed by atoms with Gasteiger partial charge in [0.1, 0.15) is 0 Å². The van der Waals surface area contributed by atoms with Crippen LogP contribution in [0.1, 0.15) is 21.5 Å². The highest BCUT2D eigenvalue weighted by Crippen LogP contribution is 2.27. The standard InChI is InChI=1S/C13H15N3OS3/c1-3-7-14-12-15-16-13(20-12)18-8-10(17)11-6-5-9(4-2)19-11/h3,5-6H,1,4,7-8H2,2H3,(H,14,15). The molecule has 0 aliphatic carbocycles. The van der Waals surface area contributed by atoms with E-state index < -0.39 is 0 Å². The molecule has 0 fully saturated rings. The predicted molar refractivity (Wildman–Crippen MR) is 87.3 cm³/mol. The van der Waals surface area contributed by atoms with Gasteiger partial charge in [0, 0.05) is 11.4 Å². The second-order valence-corrected chi connectivity index (χ2v) is 7.24. The molecule has 1 N–H and O–H groups in total. The van der Waals surface area contributed by atoms with Crippen LogP contribution in [-0.2, 0) is 6.42 Å². The lowest BCUT2D eigenvalue weighted by Gasteiger charge is -1.95. The third-order valence-corrected chi connectivity index (χ3v) is 5.70. The molecule has 0 atom stereocenters. The first-order valence-corrected chi connectivity index (χ1v) is 8.77. The van der Waals surface area contributed by atoms with Gasteiger partial charge in [0.05, 0.1) is 10.6 Å². The summed E-state index contributed by atoms with van der Waals surface area (Å²) >= 11 is 4.46. The minimum atomic E-state index is 0.149. The first-order valence-electron chi connectivity index (χ1n) is 6.16. The molecule has 2 aromatic heterocycles. The molecule has 0 bridgehead atoms. The number of aryl methyl sites for hydroxylation is 1. The summed E-state index contributed by atoms with van der Waals surface area (Å²) in [7, 11) is 0. The van der Waals surface area contributed by atoms with E-state index in [1.54, 1.807) is 17.4 Å². The largest absolute Gasteiger partial charge is 0.357 e. The van der Waals surface area contributed by atoms with Crippen LogP contribution in [0.2, 0.25) is 0 Å². The maximum atomic E-state index is 12.0. The van der Waals surface area contributed by atoms with Gasteiger partial charge in [-0.2, -0.15) is 0 Å². The monoisotopic (exact) mass is 325 g/mol. The van der Waals surface area contributed by atoms with E-state index in [1.807, 2.05) is 12.1 Å². The van der Waals surface area contributed by atoms with Crippen LogP contribution in [0.15, 0.2) is 29.1 Å². The Morgan fingerprint density at radius 1 is 1.45 bits per heavy atom. The number of thioether (sulfide) groups is 1. The van der Waals surface area contributed by atoms with E-state index in [4.69, 9.17) is 0 Å². The quantitative estimate of drug-likeness (QED) is 0.455. The summed E-state index contributed by atoms with van der Waals surface area (Å²) in [6.07, 6.45) is 2.74. The molecule has 2 rings (SSSR count). The maximum Gasteiger partial charge on any atom is 0.206 e. The first kappa shape index (κ1) is 15.2. The molecular formula is C13H15N3OS3. The molecule has 0 saturated carbocycles. The Bertz CT molecular complexity index is 591. The van der Waals surface area contributed by atoms with E-state index in [9.17, 15) is 4.79 Å². The summed E-state index contributed by atoms with van der Waals surface area (Å²) in [6.45, 7) is 6.38. The number of hydrogen-bond donors (Lipinski definition) is 1. The van der Waals surface area contributed by atoms with E-state index in [-0.39, 0.29) is 5.78 Å². The van der Waals surface area contributed by atoms with Gasteiger partial charge in [-0.05, 0) is 18.6 Å². The van der Waals surface area contributed by atoms with Crippen molar-refractivity contribution in [2.24, 2.45) is 0 Å². The molecule has 0 amide bonds. The normalized spacial score (nSPS) is 10.4. The smallest absolute Gasteiger partial charge is 0.206 e. The summed E-state index contributed by atoms with van der Waals surface area (Å²) in [6, 6.07) is 3.92. The zero-order valence-electron chi connectivity index (χ0n) is 11.1. The Labute approximate surface area is 130 Å². The Hall–Kier alpha value is -1.18. The van der Waals surface area contributed by atoms with Gasteiger partial charge in [-0.15, -0.1) is 28.1 Å². The van der Waals surface area contributed by atoms with Crippen molar-refractivity contribution in [1.82, 2.24) is 10.2 Å². The fraction of sp³-hybridized carbons (Fsp3) is 0.308. The van der Waals surface area contributed by atoms with Crippen molar-refractivity contribution in [3.63, 3.8) is 0 Å². The number of ketones is 1. The van der Waals surface area contributed by atoms with Crippen molar-refractivity contribution in [2.45, 2.75) is 17.7 Å². The number of carbonyl (C=O) groups is 1. The molecule has 7 heteroatoms. The van der Waals surface area contributed by atoms with Gasteiger partial charge in [-0.1, -0.05) is 36.1 Å². The maximum absolute atomic E-state index is 12.0. The van der Waals surface area contributed by atoms with Gasteiger partial charge in [0.2, 0.25) is 5.13 Å². The summed E-state index contributed by atoms with van der Waals surface area (Å²) in [5.41, 5.74) is 0. The summed E-state index contributed by atoms with van der Waals surface area (Å²) in [5.74, 6) is 0.551. The Morgan fingerprint density at radius 2 is 2.30 bits per heavy atom. The van der Waals surface area contributed by atoms with Crippen molar-refractivity contribution in [2.75, 3.05) is 17.6 Å². The molecule has 20 heavy (non-hydrogen) atoms. The molecule has 106 valence electrons. The summed E-state index contributed by atoms with van der Waals surface area (Å²) in [5, 5.41) is 11.9. The lowest BCUT2D eigenvalue weighted by atomic mass is 10.3. The number of rotatable bonds is 8. The Balaban J connectivity index is 1.86. The number of hydrogen-bond acceptors (Lipinski definition) is 7. The van der Waals surface area contributed by atoms with E-state index in [1.165, 1.54) is 28.0 Å². The number of nitrogens with zero attached hydrogens (tertiary/aromatic N) is 2. The van der Waals surface area contributed by atoms with Crippen LogP contribution in [0.25, 0.3) is 0 Å². The van der Waals surface area contributed by atoms with Gasteiger partial charge in [-0.3, -0.25) is 4.79 Å². The van der Waals surface area contributed by atoms with Crippen molar-refractivity contribution in [1.29, 1.82) is 0 Å². The van der Waals surface area contributed by atoms with Crippen LogP contribution >= 0.6 is 34.4 Å². The molecule has 0 saturated heterocycles. The topological polar surface area (TPSA) is 54.9 Å². The predicted octanol–water partition coefficient (Wildman–Crippen LogP) is 3.73. The SMILES string of the molecule is C=CCNc1nnc(SCC(=O)c2ccc(CC)s2)s1. The van der Waals surface area contributed by atoms with Crippen LogP contribution < -0.4 is 5.32 Å². The van der Waals surface area contributed by atoms with Gasteiger partial charge in [-0.25, -0.2) is 0 Å². The number of nitrogens with one attached hydrogen (secondary N) is 1. The second-order valence-electron chi connectivity index (χ2n) is 3.87. The van der Waals surface area contributed by atoms with Crippen molar-refractivity contribution >= 4 is 45.4 Å². The van der Waals surface area contributed by atoms with Crippen molar-refractivity contribution in [3.8, 4) is 0 Å². The average molecular weight is 325 g/mol. The van der Waals surface area contributed by atoms with E-state index in [2.05, 4.69) is 29.0 Å². The third kappa shape index (κ3) is 4.16. The minimum absolute atomic E-state index is 0.149. The molecule has 0 aliphatic heterocycles. The molecule has 0 unspecified atom stereocenters. The average Bonchev–Trinajstić information content (AvgIpc) is 3.11. The molecule has 2 heterocycles. The molecule has 2 aromatic rings. The molecule has 0 spiro atoms. The van der Waals surface area contributed by atoms with E-state index >= 15 is 0 Å². The number of aromatic nitrogens is 2. The van der Waals surface area contributed by atoms with E-state index in [0.29, 0.717) is 12.3 Å². The first-order chi connectivity index (χ1) is 9.72. The summed E-state index contributed by atoms with van der Waals surface area (Å²) in [4.78, 5) is 14.1. The second kappa shape index (κ2) is 7.56. The molecule has 0 aromatic carbocycles. The number of anilines is 1.